The molecule has 2 aromatic heterocycles. The van der Waals surface area contributed by atoms with E-state index in [-0.39, 0.29) is 31.6 Å². The summed E-state index contributed by atoms with van der Waals surface area (Å²) in [5, 5.41) is 16.1. The second-order valence-corrected chi connectivity index (χ2v) is 13.3. The molecule has 0 bridgehead atoms. The van der Waals surface area contributed by atoms with Crippen LogP contribution in [0, 0.1) is 6.07 Å². The number of carbonyl (C=O) groups is 1. The molecule has 3 aromatic carbocycles. The Labute approximate surface area is 212 Å². The summed E-state index contributed by atoms with van der Waals surface area (Å²) < 4.78 is 6.18. The molecule has 1 radical (unpaired) electrons. The smallest absolute Gasteiger partial charge is 0.155 e. The third-order valence-corrected chi connectivity index (χ3v) is 9.72. The average Bonchev–Trinajstić information content (AvgIpc) is 3.12. The molecule has 6 heteroatoms. The van der Waals surface area contributed by atoms with Gasteiger partial charge in [-0.2, -0.15) is 0 Å². The molecule has 0 saturated carbocycles. The summed E-state index contributed by atoms with van der Waals surface area (Å²) in [5.41, 5.74) is 4.04. The maximum atomic E-state index is 10.0. The van der Waals surface area contributed by atoms with E-state index in [1.165, 1.54) is 51.8 Å². The van der Waals surface area contributed by atoms with Crippen molar-refractivity contribution in [2.75, 3.05) is 0 Å². The van der Waals surface area contributed by atoms with Crippen molar-refractivity contribution >= 4 is 56.9 Å². The first kappa shape index (κ1) is 24.1. The zero-order chi connectivity index (χ0) is 23.3. The van der Waals surface area contributed by atoms with Crippen LogP contribution in [0.15, 0.2) is 77.0 Å². The molecule has 1 aliphatic heterocycles. The Morgan fingerprint density at radius 3 is 2.47 bits per heavy atom. The number of ketones is 1. The summed E-state index contributed by atoms with van der Waals surface area (Å²) in [6.45, 7) is 7.71. The molecule has 6 rings (SSSR count). The fourth-order valence-electron chi connectivity index (χ4n) is 4.93. The normalized spacial score (nSPS) is 13.7. The fourth-order valence-corrected chi connectivity index (χ4v) is 8.27. The third kappa shape index (κ3) is 3.82. The van der Waals surface area contributed by atoms with Gasteiger partial charge in [0.05, 0.1) is 11.3 Å². The zero-order valence-electron chi connectivity index (χ0n) is 19.4. The van der Waals surface area contributed by atoms with Gasteiger partial charge in [-0.15, -0.1) is 17.7 Å². The Bertz CT molecular complexity index is 1600. The van der Waals surface area contributed by atoms with Crippen molar-refractivity contribution in [3.63, 3.8) is 0 Å². The van der Waals surface area contributed by atoms with Gasteiger partial charge in [-0.05, 0) is 41.8 Å². The number of pyridine rings is 1. The molecule has 1 N–H and O–H groups in total. The average molecular weight is 643 g/mol. The van der Waals surface area contributed by atoms with E-state index in [4.69, 9.17) is 14.5 Å². The number of rotatable bonds is 1. The van der Waals surface area contributed by atoms with Crippen molar-refractivity contribution in [2.24, 2.45) is 0 Å². The van der Waals surface area contributed by atoms with Crippen LogP contribution in [-0.4, -0.2) is 23.9 Å². The van der Waals surface area contributed by atoms with E-state index in [0.29, 0.717) is 0 Å². The minimum absolute atomic E-state index is 0. The van der Waals surface area contributed by atoms with Crippen LogP contribution in [0.1, 0.15) is 13.8 Å². The van der Waals surface area contributed by atoms with Crippen LogP contribution in [0.3, 0.4) is 0 Å². The van der Waals surface area contributed by atoms with E-state index < -0.39 is 8.07 Å². The van der Waals surface area contributed by atoms with E-state index >= 15 is 0 Å². The Morgan fingerprint density at radius 1 is 1.03 bits per heavy atom. The summed E-state index contributed by atoms with van der Waals surface area (Å²) in [6.07, 6.45) is 3.17. The van der Waals surface area contributed by atoms with Crippen LogP contribution in [0.25, 0.3) is 44.0 Å². The second-order valence-electron chi connectivity index (χ2n) is 8.96. The van der Waals surface area contributed by atoms with Gasteiger partial charge in [0.2, 0.25) is 0 Å². The number of aromatic nitrogens is 1. The minimum Gasteiger partial charge on any atom is -0.512 e. The molecule has 4 nitrogen and oxygen atoms in total. The summed E-state index contributed by atoms with van der Waals surface area (Å²) in [5.74, 6) is -0.0625. The van der Waals surface area contributed by atoms with Gasteiger partial charge in [-0.3, -0.25) is 4.79 Å². The quantitative estimate of drug-likeness (QED) is 0.109. The summed E-state index contributed by atoms with van der Waals surface area (Å²) in [7, 11) is -2.00. The molecule has 0 aliphatic carbocycles. The molecule has 0 saturated heterocycles. The molecule has 173 valence electrons. The van der Waals surface area contributed by atoms with Crippen molar-refractivity contribution < 1.29 is 34.4 Å². The van der Waals surface area contributed by atoms with Gasteiger partial charge < -0.3 is 14.5 Å². The Hall–Kier alpha value is -3.05. The number of carbonyl (C=O) groups excluding carboxylic acids is 1. The summed E-state index contributed by atoms with van der Waals surface area (Å²) in [6, 6.07) is 22.6. The fraction of sp³-hybridized carbons (Fsp3) is 0.143. The van der Waals surface area contributed by atoms with Gasteiger partial charge in [-0.1, -0.05) is 71.3 Å². The zero-order valence-corrected chi connectivity index (χ0v) is 22.8. The van der Waals surface area contributed by atoms with E-state index in [1.54, 1.807) is 0 Å². The van der Waals surface area contributed by atoms with Gasteiger partial charge in [0.25, 0.3) is 0 Å². The maximum Gasteiger partial charge on any atom is 0.155 e. The van der Waals surface area contributed by atoms with E-state index in [1.807, 2.05) is 18.3 Å². The van der Waals surface area contributed by atoms with Crippen molar-refractivity contribution in [3.8, 4) is 11.3 Å². The van der Waals surface area contributed by atoms with Gasteiger partial charge >= 0.3 is 0 Å². The molecule has 3 heterocycles. The van der Waals surface area contributed by atoms with Crippen LogP contribution in [-0.2, 0) is 24.9 Å². The number of allylic oxidation sites excluding steroid dienone is 2. The standard InChI is InChI=1S/C23H16NOSi.C5H8O2.Ir/c1-26(2)19-12-6-11-18-21(19)20-16(9-5-10-17(20)25-18)22-23(26)15-8-4-3-7-14(15)13-24-22;1-4(6)3-5(2)7;/h3-8,10-13H,1-2H3;3,6H,1-2H3;/q-1;;/b;4-3-;. The number of hydrogen-bond acceptors (Lipinski definition) is 4. The number of fused-ring (bicyclic) bond motifs is 4. The van der Waals surface area contributed by atoms with Gasteiger partial charge in [0, 0.05) is 32.4 Å². The molecule has 0 fully saturated rings. The van der Waals surface area contributed by atoms with Crippen LogP contribution < -0.4 is 10.4 Å². The van der Waals surface area contributed by atoms with Gasteiger partial charge in [0.15, 0.2) is 5.78 Å². The van der Waals surface area contributed by atoms with Crippen molar-refractivity contribution in [2.45, 2.75) is 26.9 Å². The summed E-state index contributed by atoms with van der Waals surface area (Å²) >= 11 is 0. The topological polar surface area (TPSA) is 63.3 Å². The number of nitrogens with zero attached hydrogens (tertiary/aromatic N) is 1. The van der Waals surface area contributed by atoms with Crippen molar-refractivity contribution in [3.05, 3.63) is 78.7 Å². The number of furan rings is 1. The SMILES string of the molecule is CC(=O)/C=C(/C)O.C[Si]1(C)c2c(ncc3ccccc23)-c2[c-]ccc3oc4cccc1c4c23.[Ir]. The Kier molecular flexibility index (Phi) is 6.34. The number of aliphatic hydroxyl groups excluding tert-OH is 1. The largest absolute Gasteiger partial charge is 0.512 e. The predicted octanol–water partition coefficient (Wildman–Crippen LogP) is 5.77. The molecule has 0 atom stereocenters. The van der Waals surface area contributed by atoms with Crippen molar-refractivity contribution in [1.82, 2.24) is 4.98 Å². The van der Waals surface area contributed by atoms with Gasteiger partial charge in [0.1, 0.15) is 13.7 Å². The van der Waals surface area contributed by atoms with Crippen LogP contribution in [0.5, 0.6) is 0 Å². The molecule has 5 aromatic rings. The minimum atomic E-state index is -2.00. The first-order valence-electron chi connectivity index (χ1n) is 10.9. The first-order chi connectivity index (χ1) is 15.8. The van der Waals surface area contributed by atoms with E-state index in [9.17, 15) is 4.79 Å². The Balaban J connectivity index is 0.000000303. The molecule has 0 spiro atoms. The number of benzene rings is 3. The molecule has 0 unspecified atom stereocenters. The van der Waals surface area contributed by atoms with Crippen molar-refractivity contribution in [1.29, 1.82) is 0 Å². The number of hydrogen-bond donors (Lipinski definition) is 1. The van der Waals surface area contributed by atoms with Crippen LogP contribution in [0.2, 0.25) is 13.1 Å². The third-order valence-electron chi connectivity index (χ3n) is 6.20. The Morgan fingerprint density at radius 2 is 1.76 bits per heavy atom. The van der Waals surface area contributed by atoms with E-state index in [2.05, 4.69) is 61.6 Å². The van der Waals surface area contributed by atoms with E-state index in [0.717, 1.165) is 22.4 Å². The maximum absolute atomic E-state index is 10.0. The first-order valence-corrected chi connectivity index (χ1v) is 13.9. The van der Waals surface area contributed by atoms with Crippen LogP contribution >= 0.6 is 0 Å². The molecular formula is C28H24IrNO3Si-. The predicted molar refractivity (Wildman–Crippen MR) is 137 cm³/mol. The summed E-state index contributed by atoms with van der Waals surface area (Å²) in [4.78, 5) is 15.0. The molecule has 0 amide bonds. The number of aliphatic hydroxyl groups is 1. The van der Waals surface area contributed by atoms with Gasteiger partial charge in [-0.25, -0.2) is 0 Å². The monoisotopic (exact) mass is 643 g/mol. The molecule has 34 heavy (non-hydrogen) atoms. The molecule has 1 aliphatic rings. The van der Waals surface area contributed by atoms with Crippen LogP contribution in [0.4, 0.5) is 0 Å². The second kappa shape index (κ2) is 8.95. The molecular weight excluding hydrogens is 619 g/mol.